The first-order valence-corrected chi connectivity index (χ1v) is 10.4. The summed E-state index contributed by atoms with van der Waals surface area (Å²) in [6.07, 6.45) is -4.54. The molecule has 1 saturated heterocycles. The van der Waals surface area contributed by atoms with Gasteiger partial charge in [-0.15, -0.1) is 5.10 Å². The molecular weight excluding hydrogens is 443 g/mol. The van der Waals surface area contributed by atoms with Gasteiger partial charge in [0.25, 0.3) is 5.91 Å². The van der Waals surface area contributed by atoms with Crippen molar-refractivity contribution >= 4 is 45.2 Å². The van der Waals surface area contributed by atoms with Gasteiger partial charge in [-0.3, -0.25) is 14.5 Å². The average molecular weight is 459 g/mol. The van der Waals surface area contributed by atoms with Gasteiger partial charge in [0.05, 0.1) is 17.0 Å². The predicted molar refractivity (Wildman–Crippen MR) is 116 cm³/mol. The molecule has 1 N–H and O–H groups in total. The summed E-state index contributed by atoms with van der Waals surface area (Å²) in [4.78, 5) is 25.4. The standard InChI is InChI=1S/C22H16F3N3O3S/c23-22(24,25)16-6-3-7-17(11-16)28-20(30)13-32-21(28)27-26-19(29)12-31-18-9-8-14-4-1-2-5-15(14)10-18/h1-11H,12-13H2,(H,26,29)/b27-21+. The van der Waals surface area contributed by atoms with E-state index in [2.05, 4.69) is 10.5 Å². The Bertz CT molecular complexity index is 1210. The van der Waals surface area contributed by atoms with Crippen molar-refractivity contribution in [2.75, 3.05) is 17.3 Å². The predicted octanol–water partition coefficient (Wildman–Crippen LogP) is 4.40. The maximum atomic E-state index is 13.0. The lowest BCUT2D eigenvalue weighted by Crippen LogP contribution is -2.32. The molecule has 0 saturated carbocycles. The highest BCUT2D eigenvalue weighted by atomic mass is 32.2. The third-order valence-electron chi connectivity index (χ3n) is 4.56. The van der Waals surface area contributed by atoms with Crippen LogP contribution in [0.1, 0.15) is 5.56 Å². The number of amides is 2. The Balaban J connectivity index is 1.42. The molecule has 0 bridgehead atoms. The van der Waals surface area contributed by atoms with E-state index in [-0.39, 0.29) is 23.2 Å². The maximum Gasteiger partial charge on any atom is 0.416 e. The Labute approximate surface area is 185 Å². The van der Waals surface area contributed by atoms with Crippen molar-refractivity contribution in [1.29, 1.82) is 0 Å². The summed E-state index contributed by atoms with van der Waals surface area (Å²) >= 11 is 1.01. The van der Waals surface area contributed by atoms with Crippen LogP contribution in [0, 0.1) is 0 Å². The van der Waals surface area contributed by atoms with E-state index in [1.807, 2.05) is 30.3 Å². The first kappa shape index (κ1) is 21.7. The second kappa shape index (κ2) is 8.91. The van der Waals surface area contributed by atoms with Gasteiger partial charge in [0.15, 0.2) is 11.8 Å². The van der Waals surface area contributed by atoms with Crippen molar-refractivity contribution < 1.29 is 27.5 Å². The zero-order chi connectivity index (χ0) is 22.7. The minimum Gasteiger partial charge on any atom is -0.484 e. The number of hydrogen-bond donors (Lipinski definition) is 1. The second-order valence-corrected chi connectivity index (χ2v) is 7.74. The summed E-state index contributed by atoms with van der Waals surface area (Å²) in [6, 6.07) is 17.5. The van der Waals surface area contributed by atoms with E-state index in [0.717, 1.165) is 39.6 Å². The third-order valence-corrected chi connectivity index (χ3v) is 5.49. The van der Waals surface area contributed by atoms with Crippen LogP contribution in [0.15, 0.2) is 71.8 Å². The van der Waals surface area contributed by atoms with Gasteiger partial charge in [-0.1, -0.05) is 48.2 Å². The highest BCUT2D eigenvalue weighted by Gasteiger charge is 2.34. The molecule has 6 nitrogen and oxygen atoms in total. The lowest BCUT2D eigenvalue weighted by Gasteiger charge is -2.17. The van der Waals surface area contributed by atoms with Gasteiger partial charge in [-0.05, 0) is 41.1 Å². The van der Waals surface area contributed by atoms with Gasteiger partial charge in [-0.2, -0.15) is 13.2 Å². The zero-order valence-corrected chi connectivity index (χ0v) is 17.2. The molecule has 0 aromatic heterocycles. The van der Waals surface area contributed by atoms with E-state index >= 15 is 0 Å². The topological polar surface area (TPSA) is 71.0 Å². The lowest BCUT2D eigenvalue weighted by molar-refractivity contribution is -0.137. The van der Waals surface area contributed by atoms with E-state index in [1.54, 1.807) is 12.1 Å². The molecule has 0 spiro atoms. The number of carbonyl (C=O) groups excluding carboxylic acids is 2. The van der Waals surface area contributed by atoms with Crippen LogP contribution >= 0.6 is 11.8 Å². The van der Waals surface area contributed by atoms with Crippen molar-refractivity contribution in [2.24, 2.45) is 5.10 Å². The quantitative estimate of drug-likeness (QED) is 0.574. The molecule has 1 fully saturated rings. The van der Waals surface area contributed by atoms with Crippen molar-refractivity contribution in [3.63, 3.8) is 0 Å². The van der Waals surface area contributed by atoms with Crippen LogP contribution < -0.4 is 15.1 Å². The normalized spacial score (nSPS) is 15.4. The summed E-state index contributed by atoms with van der Waals surface area (Å²) in [5, 5.41) is 5.98. The summed E-state index contributed by atoms with van der Waals surface area (Å²) in [5.41, 5.74) is 1.43. The van der Waals surface area contributed by atoms with Crippen molar-refractivity contribution in [3.05, 3.63) is 72.3 Å². The van der Waals surface area contributed by atoms with Gasteiger partial charge < -0.3 is 4.74 Å². The Hall–Kier alpha value is -3.53. The fraction of sp³-hybridized carbons (Fsp3) is 0.136. The molecule has 1 heterocycles. The molecular formula is C22H16F3N3O3S. The first-order valence-electron chi connectivity index (χ1n) is 9.42. The number of alkyl halides is 3. The molecule has 32 heavy (non-hydrogen) atoms. The number of halogens is 3. The molecule has 0 unspecified atom stereocenters. The van der Waals surface area contributed by atoms with E-state index in [1.165, 1.54) is 12.1 Å². The van der Waals surface area contributed by atoms with Gasteiger partial charge >= 0.3 is 6.18 Å². The maximum absolute atomic E-state index is 13.0. The van der Waals surface area contributed by atoms with Crippen molar-refractivity contribution in [1.82, 2.24) is 5.43 Å². The number of nitrogens with one attached hydrogen (secondary N) is 1. The number of rotatable bonds is 5. The summed E-state index contributed by atoms with van der Waals surface area (Å²) in [5.74, 6) is -0.509. The lowest BCUT2D eigenvalue weighted by atomic mass is 10.1. The Morgan fingerprint density at radius 3 is 2.62 bits per heavy atom. The van der Waals surface area contributed by atoms with E-state index in [4.69, 9.17) is 4.74 Å². The zero-order valence-electron chi connectivity index (χ0n) is 16.4. The van der Waals surface area contributed by atoms with Crippen molar-refractivity contribution in [2.45, 2.75) is 6.18 Å². The van der Waals surface area contributed by atoms with Gasteiger partial charge in [0, 0.05) is 0 Å². The number of thioether (sulfide) groups is 1. The number of ether oxygens (including phenoxy) is 1. The number of anilines is 1. The first-order chi connectivity index (χ1) is 15.3. The number of nitrogens with zero attached hydrogens (tertiary/aromatic N) is 2. The molecule has 1 aliphatic heterocycles. The summed E-state index contributed by atoms with van der Waals surface area (Å²) in [7, 11) is 0. The van der Waals surface area contributed by atoms with Gasteiger partial charge in [-0.25, -0.2) is 5.43 Å². The Morgan fingerprint density at radius 1 is 1.06 bits per heavy atom. The number of carbonyl (C=O) groups is 2. The summed E-state index contributed by atoms with van der Waals surface area (Å²) in [6.45, 7) is -0.322. The number of benzene rings is 3. The smallest absolute Gasteiger partial charge is 0.416 e. The highest BCUT2D eigenvalue weighted by molar-refractivity contribution is 8.15. The highest BCUT2D eigenvalue weighted by Crippen LogP contribution is 2.34. The van der Waals surface area contributed by atoms with Gasteiger partial charge in [0.1, 0.15) is 5.75 Å². The SMILES string of the molecule is O=C(COc1ccc2ccccc2c1)N/N=C1/SCC(=O)N1c1cccc(C(F)(F)F)c1. The second-order valence-electron chi connectivity index (χ2n) is 6.79. The van der Waals surface area contributed by atoms with E-state index in [0.29, 0.717) is 5.75 Å². The number of hydrogen-bond acceptors (Lipinski definition) is 5. The molecule has 1 aliphatic rings. The molecule has 10 heteroatoms. The molecule has 2 amide bonds. The number of amidine groups is 1. The van der Waals surface area contributed by atoms with Crippen LogP contribution in [0.5, 0.6) is 5.75 Å². The fourth-order valence-corrected chi connectivity index (χ4v) is 3.90. The molecule has 3 aromatic rings. The largest absolute Gasteiger partial charge is 0.484 e. The van der Waals surface area contributed by atoms with E-state index < -0.39 is 23.6 Å². The van der Waals surface area contributed by atoms with Crippen LogP contribution in [0.4, 0.5) is 18.9 Å². The van der Waals surface area contributed by atoms with Gasteiger partial charge in [0.2, 0.25) is 5.91 Å². The fourth-order valence-electron chi connectivity index (χ4n) is 3.07. The summed E-state index contributed by atoms with van der Waals surface area (Å²) < 4.78 is 44.5. The van der Waals surface area contributed by atoms with Crippen LogP contribution in [0.25, 0.3) is 10.8 Å². The third kappa shape index (κ3) is 4.86. The van der Waals surface area contributed by atoms with Crippen LogP contribution in [-0.4, -0.2) is 29.3 Å². The minimum absolute atomic E-state index is 0.00145. The number of hydrazone groups is 1. The monoisotopic (exact) mass is 459 g/mol. The number of fused-ring (bicyclic) bond motifs is 1. The minimum atomic E-state index is -4.54. The van der Waals surface area contributed by atoms with Crippen LogP contribution in [-0.2, 0) is 15.8 Å². The molecule has 0 aliphatic carbocycles. The molecule has 0 radical (unpaired) electrons. The average Bonchev–Trinajstić information content (AvgIpc) is 3.16. The van der Waals surface area contributed by atoms with Crippen molar-refractivity contribution in [3.8, 4) is 5.75 Å². The molecule has 3 aromatic carbocycles. The molecule has 0 atom stereocenters. The Morgan fingerprint density at radius 2 is 1.84 bits per heavy atom. The van der Waals surface area contributed by atoms with Crippen LogP contribution in [0.2, 0.25) is 0 Å². The van der Waals surface area contributed by atoms with E-state index in [9.17, 15) is 22.8 Å². The van der Waals surface area contributed by atoms with Crippen LogP contribution in [0.3, 0.4) is 0 Å². The molecule has 164 valence electrons. The Kier molecular flexibility index (Phi) is 6.04. The molecule has 4 rings (SSSR count).